The number of nitrogens with zero attached hydrogens (tertiary/aromatic N) is 5. The maximum atomic E-state index is 14.5. The number of fused-ring (bicyclic) bond motifs is 2. The molecule has 0 spiro atoms. The Hall–Kier alpha value is -8.32. The molecular formula is C69H76N8O8S2. The number of aliphatic hydroxyl groups is 1. The van der Waals surface area contributed by atoms with Crippen LogP contribution in [0.1, 0.15) is 136 Å². The highest BCUT2D eigenvalue weighted by molar-refractivity contribution is 7.22. The Morgan fingerprint density at radius 1 is 0.805 bits per heavy atom. The number of rotatable bonds is 17. The quantitative estimate of drug-likeness (QED) is 0.0629. The first kappa shape index (κ1) is 61.8. The first-order chi connectivity index (χ1) is 41.3. The minimum atomic E-state index is -0.977. The SMILES string of the molecule is Cc1ncsc1-c1ccc([C@H](C)NC(=O)[C@@H]2C[C@@H](O)CN2C(=O)[C@@H](NC(=O)C(C)(C)CCc2ccc(Oc3cccc(-c4ccc(N5CCc6cccc(C(=O)Nc7nc8ccccc8s7)c6C5)nc4C(=O)OC(C)(C)C)c3C)cc2)C(C)(C)C)cc1. The smallest absolute Gasteiger partial charge is 0.358 e. The topological polar surface area (TPSA) is 205 Å². The van der Waals surface area contributed by atoms with Crippen LogP contribution >= 0.6 is 22.7 Å². The molecule has 4 atom stereocenters. The number of benzene rings is 5. The molecule has 5 heterocycles. The number of thiazole rings is 2. The number of carbonyl (C=O) groups excluding carboxylic acids is 5. The maximum absolute atomic E-state index is 14.5. The number of aryl methyl sites for hydroxylation is 2. The normalized spacial score (nSPS) is 16.0. The van der Waals surface area contributed by atoms with Gasteiger partial charge in [-0.1, -0.05) is 119 Å². The summed E-state index contributed by atoms with van der Waals surface area (Å²) in [4.78, 5) is 89.4. The average molecular weight is 1210 g/mol. The van der Waals surface area contributed by atoms with Gasteiger partial charge in [-0.15, -0.1) is 11.3 Å². The second-order valence-electron chi connectivity index (χ2n) is 25.5. The van der Waals surface area contributed by atoms with Crippen molar-refractivity contribution in [2.45, 2.75) is 138 Å². The van der Waals surface area contributed by atoms with Crippen molar-refractivity contribution in [3.63, 3.8) is 0 Å². The van der Waals surface area contributed by atoms with Crippen LogP contribution in [0.3, 0.4) is 0 Å². The average Bonchev–Trinajstić information content (AvgIpc) is 1.26. The van der Waals surface area contributed by atoms with Crippen LogP contribution in [0.4, 0.5) is 10.9 Å². The number of aliphatic hydroxyl groups excluding tert-OH is 1. The van der Waals surface area contributed by atoms with Crippen LogP contribution in [0, 0.1) is 24.7 Å². The molecule has 1 fully saturated rings. The number of nitrogens with one attached hydrogen (secondary N) is 3. The predicted octanol–water partition coefficient (Wildman–Crippen LogP) is 13.0. The molecule has 0 bridgehead atoms. The van der Waals surface area contributed by atoms with Gasteiger partial charge in [0.1, 0.15) is 35.0 Å². The Balaban J connectivity index is 0.783. The van der Waals surface area contributed by atoms with Crippen molar-refractivity contribution < 1.29 is 38.6 Å². The Morgan fingerprint density at radius 3 is 2.24 bits per heavy atom. The minimum Gasteiger partial charge on any atom is -0.457 e. The summed E-state index contributed by atoms with van der Waals surface area (Å²) in [7, 11) is 0. The highest BCUT2D eigenvalue weighted by Crippen LogP contribution is 2.38. The molecule has 0 aliphatic carbocycles. The van der Waals surface area contributed by atoms with E-state index in [1.54, 1.807) is 11.3 Å². The van der Waals surface area contributed by atoms with Gasteiger partial charge in [0, 0.05) is 42.6 Å². The molecule has 2 aliphatic rings. The maximum Gasteiger partial charge on any atom is 0.358 e. The lowest BCUT2D eigenvalue weighted by molar-refractivity contribution is -0.145. The lowest BCUT2D eigenvalue weighted by Gasteiger charge is -2.37. The fraction of sp³-hybridized carbons (Fsp3) is 0.362. The van der Waals surface area contributed by atoms with Gasteiger partial charge in [0.05, 0.1) is 38.4 Å². The monoisotopic (exact) mass is 1210 g/mol. The van der Waals surface area contributed by atoms with E-state index in [4.69, 9.17) is 14.5 Å². The number of esters is 1. The summed E-state index contributed by atoms with van der Waals surface area (Å²) in [6, 6.07) is 36.5. The molecular weight excluding hydrogens is 1130 g/mol. The second kappa shape index (κ2) is 25.2. The Labute approximate surface area is 516 Å². The van der Waals surface area contributed by atoms with Crippen LogP contribution < -0.4 is 25.6 Å². The fourth-order valence-electron chi connectivity index (χ4n) is 11.2. The highest BCUT2D eigenvalue weighted by Gasteiger charge is 2.46. The molecule has 18 heteroatoms. The van der Waals surface area contributed by atoms with Crippen molar-refractivity contribution in [2.24, 2.45) is 10.8 Å². The van der Waals surface area contributed by atoms with Crippen molar-refractivity contribution in [1.29, 1.82) is 0 Å². The number of para-hydroxylation sites is 1. The van der Waals surface area contributed by atoms with Crippen LogP contribution in [0.5, 0.6) is 11.5 Å². The number of hydrogen-bond acceptors (Lipinski definition) is 14. The van der Waals surface area contributed by atoms with Gasteiger partial charge in [0.2, 0.25) is 17.7 Å². The van der Waals surface area contributed by atoms with Crippen LogP contribution in [0.2, 0.25) is 0 Å². The van der Waals surface area contributed by atoms with Gasteiger partial charge in [-0.05, 0) is 154 Å². The van der Waals surface area contributed by atoms with Crippen LogP contribution in [0.25, 0.3) is 31.8 Å². The number of aromatic nitrogens is 3. The molecule has 452 valence electrons. The van der Waals surface area contributed by atoms with E-state index < -0.39 is 46.5 Å². The number of hydrogen-bond donors (Lipinski definition) is 4. The summed E-state index contributed by atoms with van der Waals surface area (Å²) in [5.74, 6) is -0.150. The molecule has 2 aliphatic heterocycles. The van der Waals surface area contributed by atoms with Gasteiger partial charge < -0.3 is 35.0 Å². The zero-order valence-electron chi connectivity index (χ0n) is 51.2. The third-order valence-corrected chi connectivity index (χ3v) is 18.2. The number of carbonyl (C=O) groups is 5. The van der Waals surface area contributed by atoms with E-state index in [1.165, 1.54) is 16.2 Å². The number of anilines is 2. The fourth-order valence-corrected chi connectivity index (χ4v) is 12.9. The van der Waals surface area contributed by atoms with Crippen molar-refractivity contribution in [1.82, 2.24) is 30.5 Å². The largest absolute Gasteiger partial charge is 0.457 e. The third kappa shape index (κ3) is 14.1. The van der Waals surface area contributed by atoms with Crippen molar-refractivity contribution >= 4 is 73.4 Å². The minimum absolute atomic E-state index is 0.0268. The molecule has 0 saturated carbocycles. The van der Waals surface area contributed by atoms with E-state index >= 15 is 0 Å². The summed E-state index contributed by atoms with van der Waals surface area (Å²) in [5, 5.41) is 20.6. The van der Waals surface area contributed by atoms with Crippen molar-refractivity contribution in [2.75, 3.05) is 23.3 Å². The second-order valence-corrected chi connectivity index (χ2v) is 27.4. The molecule has 3 aromatic heterocycles. The van der Waals surface area contributed by atoms with Crippen molar-refractivity contribution in [3.05, 3.63) is 172 Å². The molecule has 4 amide bonds. The van der Waals surface area contributed by atoms with Gasteiger partial charge in [0.25, 0.3) is 5.91 Å². The summed E-state index contributed by atoms with van der Waals surface area (Å²) < 4.78 is 13.5. The number of likely N-dealkylation sites (tertiary alicyclic amines) is 1. The van der Waals surface area contributed by atoms with Crippen molar-refractivity contribution in [3.8, 4) is 33.1 Å². The Kier molecular flexibility index (Phi) is 17.9. The van der Waals surface area contributed by atoms with Gasteiger partial charge >= 0.3 is 5.97 Å². The van der Waals surface area contributed by atoms with E-state index in [-0.39, 0.29) is 42.4 Å². The first-order valence-corrected chi connectivity index (χ1v) is 31.2. The first-order valence-electron chi connectivity index (χ1n) is 29.5. The van der Waals surface area contributed by atoms with E-state index in [1.807, 2.05) is 197 Å². The summed E-state index contributed by atoms with van der Waals surface area (Å²) in [6.07, 6.45) is 0.869. The molecule has 10 rings (SSSR count). The summed E-state index contributed by atoms with van der Waals surface area (Å²) >= 11 is 3.00. The van der Waals surface area contributed by atoms with Gasteiger partial charge in [0.15, 0.2) is 10.8 Å². The molecule has 5 aromatic carbocycles. The number of amides is 4. The number of pyridine rings is 1. The number of ether oxygens (including phenoxy) is 2. The lowest BCUT2D eigenvalue weighted by Crippen LogP contribution is -2.59. The molecule has 87 heavy (non-hydrogen) atoms. The third-order valence-electron chi connectivity index (χ3n) is 16.2. The van der Waals surface area contributed by atoms with E-state index in [2.05, 4.69) is 36.9 Å². The van der Waals surface area contributed by atoms with E-state index in [9.17, 15) is 29.1 Å². The molecule has 4 N–H and O–H groups in total. The number of β-amino-alcohol motifs (C(OH)–C–C–N with tert-alkyl or cyclic N) is 1. The van der Waals surface area contributed by atoms with E-state index in [0.717, 1.165) is 59.7 Å². The molecule has 16 nitrogen and oxygen atoms in total. The Bertz CT molecular complexity index is 3850. The van der Waals surface area contributed by atoms with Crippen LogP contribution in [-0.2, 0) is 38.5 Å². The molecule has 1 saturated heterocycles. The Morgan fingerprint density at radius 2 is 1.54 bits per heavy atom. The van der Waals surface area contributed by atoms with Gasteiger partial charge in [-0.3, -0.25) is 24.5 Å². The summed E-state index contributed by atoms with van der Waals surface area (Å²) in [6.45, 7) is 21.6. The zero-order valence-corrected chi connectivity index (χ0v) is 52.9. The standard InChI is InChI=1S/C69H76N8O8S2/c1-40-49(50-30-31-57(73-58(50)64(82)85-68(7,8)9)76-35-33-45-16-14-18-51(52(45)38-76)61(79)75-66-72-53-19-12-13-21-56(53)87-66)17-15-20-55(40)84-48-28-22-43(23-29-48)32-34-69(10,11)65(83)74-60(67(4,5)6)63(81)77-37-47(78)36-54(77)62(80)71-41(2)44-24-26-46(27-25-44)59-42(3)70-39-86-59/h12-31,39,41,47,54,60,78H,32-38H2,1-11H3,(H,71,80)(H,74,83)(H,72,75,79)/t41-,47+,54-,60+/m0/s1. The molecule has 8 aromatic rings. The highest BCUT2D eigenvalue weighted by atomic mass is 32.1. The van der Waals surface area contributed by atoms with E-state index in [0.29, 0.717) is 65.9 Å². The van der Waals surface area contributed by atoms with Crippen LogP contribution in [-0.4, -0.2) is 91.4 Å². The van der Waals surface area contributed by atoms with Gasteiger partial charge in [-0.25, -0.2) is 19.7 Å². The van der Waals surface area contributed by atoms with Crippen LogP contribution in [0.15, 0.2) is 127 Å². The molecule has 0 unspecified atom stereocenters. The predicted molar refractivity (Wildman–Crippen MR) is 343 cm³/mol. The molecule has 0 radical (unpaired) electrons. The zero-order chi connectivity index (χ0) is 62.1. The lowest BCUT2D eigenvalue weighted by atomic mass is 9.82. The summed E-state index contributed by atoms with van der Waals surface area (Å²) in [5.41, 5.74) is 8.88. The van der Waals surface area contributed by atoms with Gasteiger partial charge in [-0.2, -0.15) is 0 Å².